The molecule has 2 aromatic carbocycles. The molecule has 0 N–H and O–H groups in total. The number of methoxy groups -OCH3 is 1. The Hall–Kier alpha value is -2.14. The monoisotopic (exact) mass is 300 g/mol. The Morgan fingerprint density at radius 3 is 2.86 bits per heavy atom. The molecule has 0 unspecified atom stereocenters. The Kier molecular flexibility index (Phi) is 4.01. The van der Waals surface area contributed by atoms with Gasteiger partial charge in [0.05, 0.1) is 13.3 Å². The van der Waals surface area contributed by atoms with E-state index < -0.39 is 0 Å². The molecule has 3 aromatic rings. The number of ether oxygens (including phenoxy) is 1. The van der Waals surface area contributed by atoms with E-state index in [1.165, 1.54) is 13.2 Å². The maximum absolute atomic E-state index is 13.7. The van der Waals surface area contributed by atoms with Crippen molar-refractivity contribution in [3.8, 4) is 5.75 Å². The molecule has 3 rings (SSSR count). The second-order valence-corrected chi connectivity index (χ2v) is 5.46. The fourth-order valence-electron chi connectivity index (χ4n) is 2.06. The summed E-state index contributed by atoms with van der Waals surface area (Å²) in [4.78, 5) is 0. The van der Waals surface area contributed by atoms with Crippen LogP contribution in [0.3, 0.4) is 0 Å². The minimum absolute atomic E-state index is 0.258. The third-order valence-electron chi connectivity index (χ3n) is 3.13. The molecule has 5 heteroatoms. The van der Waals surface area contributed by atoms with Gasteiger partial charge in [-0.3, -0.25) is 0 Å². The molecule has 1 heterocycles. The van der Waals surface area contributed by atoms with Crippen molar-refractivity contribution < 1.29 is 9.13 Å². The molecule has 106 valence electrons. The Morgan fingerprint density at radius 1 is 1.19 bits per heavy atom. The zero-order valence-corrected chi connectivity index (χ0v) is 12.2. The number of fused-ring (bicyclic) bond motifs is 1. The molecule has 0 fully saturated rings. The molecule has 0 bridgehead atoms. The summed E-state index contributed by atoms with van der Waals surface area (Å²) >= 11 is 1.54. The first-order valence-electron chi connectivity index (χ1n) is 6.43. The third kappa shape index (κ3) is 2.97. The van der Waals surface area contributed by atoms with Gasteiger partial charge in [-0.1, -0.05) is 42.1 Å². The van der Waals surface area contributed by atoms with E-state index in [0.29, 0.717) is 5.75 Å². The lowest BCUT2D eigenvalue weighted by Gasteiger charge is -2.06. The molecule has 0 spiro atoms. The maximum Gasteiger partial charge on any atom is 0.165 e. The topological polar surface area (TPSA) is 35.0 Å². The molecule has 0 aliphatic carbocycles. The highest BCUT2D eigenvalue weighted by Crippen LogP contribution is 2.28. The van der Waals surface area contributed by atoms with Crippen molar-refractivity contribution in [2.24, 2.45) is 0 Å². The van der Waals surface area contributed by atoms with E-state index >= 15 is 0 Å². The van der Waals surface area contributed by atoms with Crippen LogP contribution in [0.5, 0.6) is 5.75 Å². The lowest BCUT2D eigenvalue weighted by molar-refractivity contribution is 0.386. The Balaban J connectivity index is 1.82. The van der Waals surface area contributed by atoms with Crippen molar-refractivity contribution in [1.82, 2.24) is 10.2 Å². The number of hydrogen-bond donors (Lipinski definition) is 0. The Bertz CT molecular complexity index is 774. The van der Waals surface area contributed by atoms with Gasteiger partial charge in [0.2, 0.25) is 0 Å². The van der Waals surface area contributed by atoms with Gasteiger partial charge in [0, 0.05) is 16.5 Å². The van der Waals surface area contributed by atoms with Crippen LogP contribution in [0.4, 0.5) is 4.39 Å². The lowest BCUT2D eigenvalue weighted by atomic mass is 10.2. The molecule has 21 heavy (non-hydrogen) atoms. The van der Waals surface area contributed by atoms with Gasteiger partial charge in [-0.05, 0) is 17.7 Å². The first-order valence-corrected chi connectivity index (χ1v) is 7.42. The number of benzene rings is 2. The summed E-state index contributed by atoms with van der Waals surface area (Å²) in [5, 5.41) is 11.1. The van der Waals surface area contributed by atoms with Gasteiger partial charge >= 0.3 is 0 Å². The van der Waals surface area contributed by atoms with Gasteiger partial charge in [-0.15, -0.1) is 5.10 Å². The minimum atomic E-state index is -0.348. The quantitative estimate of drug-likeness (QED) is 0.680. The second-order valence-electron chi connectivity index (χ2n) is 4.49. The molecule has 0 aliphatic heterocycles. The summed E-state index contributed by atoms with van der Waals surface area (Å²) in [5.41, 5.74) is 0.882. The van der Waals surface area contributed by atoms with E-state index in [9.17, 15) is 4.39 Å². The fourth-order valence-corrected chi connectivity index (χ4v) is 2.99. The van der Waals surface area contributed by atoms with Crippen molar-refractivity contribution in [1.29, 1.82) is 0 Å². The van der Waals surface area contributed by atoms with Crippen LogP contribution < -0.4 is 4.74 Å². The SMILES string of the molecule is COc1ccc(CSc2nncc3ccccc23)cc1F. The molecule has 1 aromatic heterocycles. The Morgan fingerprint density at radius 2 is 2.05 bits per heavy atom. The van der Waals surface area contributed by atoms with Gasteiger partial charge in [-0.2, -0.15) is 5.10 Å². The van der Waals surface area contributed by atoms with Gasteiger partial charge in [0.1, 0.15) is 5.03 Å². The smallest absolute Gasteiger partial charge is 0.165 e. The van der Waals surface area contributed by atoms with Crippen molar-refractivity contribution in [3.05, 3.63) is 60.0 Å². The maximum atomic E-state index is 13.7. The van der Waals surface area contributed by atoms with Crippen molar-refractivity contribution in [2.75, 3.05) is 7.11 Å². The predicted octanol–water partition coefficient (Wildman–Crippen LogP) is 4.07. The number of nitrogens with zero attached hydrogens (tertiary/aromatic N) is 2. The number of halogens is 1. The average Bonchev–Trinajstić information content (AvgIpc) is 2.53. The first kappa shape index (κ1) is 13.8. The van der Waals surface area contributed by atoms with Gasteiger partial charge < -0.3 is 4.74 Å². The molecule has 0 radical (unpaired) electrons. The van der Waals surface area contributed by atoms with E-state index in [2.05, 4.69) is 10.2 Å². The highest BCUT2D eigenvalue weighted by Gasteiger charge is 2.07. The summed E-state index contributed by atoms with van der Waals surface area (Å²) in [6.45, 7) is 0. The second kappa shape index (κ2) is 6.10. The molecule has 0 saturated carbocycles. The molecular weight excluding hydrogens is 287 g/mol. The van der Waals surface area contributed by atoms with E-state index in [0.717, 1.165) is 21.4 Å². The number of hydrogen-bond acceptors (Lipinski definition) is 4. The Labute approximate surface area is 126 Å². The minimum Gasteiger partial charge on any atom is -0.494 e. The summed E-state index contributed by atoms with van der Waals surface area (Å²) in [7, 11) is 1.46. The van der Waals surface area contributed by atoms with E-state index in [1.807, 2.05) is 30.3 Å². The highest BCUT2D eigenvalue weighted by molar-refractivity contribution is 7.98. The van der Waals surface area contributed by atoms with Crippen molar-refractivity contribution in [2.45, 2.75) is 10.8 Å². The zero-order chi connectivity index (χ0) is 14.7. The lowest BCUT2D eigenvalue weighted by Crippen LogP contribution is -1.91. The van der Waals surface area contributed by atoms with Crippen molar-refractivity contribution in [3.63, 3.8) is 0 Å². The zero-order valence-electron chi connectivity index (χ0n) is 11.4. The molecule has 0 amide bonds. The molecule has 0 aliphatic rings. The summed E-state index contributed by atoms with van der Waals surface area (Å²) in [6, 6.07) is 12.9. The van der Waals surface area contributed by atoms with Crippen LogP contribution in [0, 0.1) is 5.82 Å². The van der Waals surface area contributed by atoms with E-state index in [1.54, 1.807) is 24.0 Å². The van der Waals surface area contributed by atoms with Gasteiger partial charge in [0.25, 0.3) is 0 Å². The average molecular weight is 300 g/mol. The van der Waals surface area contributed by atoms with Crippen LogP contribution in [0.15, 0.2) is 53.7 Å². The normalized spacial score (nSPS) is 10.8. The van der Waals surface area contributed by atoms with Crippen molar-refractivity contribution >= 4 is 22.5 Å². The standard InChI is InChI=1S/C16H13FN2OS/c1-20-15-7-6-11(8-14(15)17)10-21-16-13-5-3-2-4-12(13)9-18-19-16/h2-9H,10H2,1H3. The van der Waals surface area contributed by atoms with Crippen LogP contribution >= 0.6 is 11.8 Å². The molecule has 3 nitrogen and oxygen atoms in total. The van der Waals surface area contributed by atoms with Crippen LogP contribution in [-0.4, -0.2) is 17.3 Å². The fraction of sp³-hybridized carbons (Fsp3) is 0.125. The van der Waals surface area contributed by atoms with Crippen LogP contribution in [0.2, 0.25) is 0 Å². The van der Waals surface area contributed by atoms with E-state index in [-0.39, 0.29) is 11.6 Å². The largest absolute Gasteiger partial charge is 0.494 e. The molecular formula is C16H13FN2OS. The van der Waals surface area contributed by atoms with Crippen LogP contribution in [0.25, 0.3) is 10.8 Å². The highest BCUT2D eigenvalue weighted by atomic mass is 32.2. The third-order valence-corrected chi connectivity index (χ3v) is 4.18. The molecule has 0 saturated heterocycles. The van der Waals surface area contributed by atoms with Crippen LogP contribution in [-0.2, 0) is 5.75 Å². The first-order chi connectivity index (χ1) is 10.3. The van der Waals surface area contributed by atoms with Crippen LogP contribution in [0.1, 0.15) is 5.56 Å². The summed E-state index contributed by atoms with van der Waals surface area (Å²) < 4.78 is 18.6. The number of thioether (sulfide) groups is 1. The van der Waals surface area contributed by atoms with E-state index in [4.69, 9.17) is 4.74 Å². The molecule has 0 atom stereocenters. The summed E-state index contributed by atoms with van der Waals surface area (Å²) in [5.74, 6) is 0.539. The summed E-state index contributed by atoms with van der Waals surface area (Å²) in [6.07, 6.45) is 1.74. The van der Waals surface area contributed by atoms with Gasteiger partial charge in [-0.25, -0.2) is 4.39 Å². The predicted molar refractivity (Wildman–Crippen MR) is 82.1 cm³/mol. The number of aromatic nitrogens is 2. The number of rotatable bonds is 4. The van der Waals surface area contributed by atoms with Gasteiger partial charge in [0.15, 0.2) is 11.6 Å².